The number of benzene rings is 2. The molecule has 4 heteroatoms. The van der Waals surface area contributed by atoms with Crippen LogP contribution < -0.4 is 0 Å². The first-order valence-corrected chi connectivity index (χ1v) is 9.91. The molecular weight excluding hydrogens is 336 g/mol. The van der Waals surface area contributed by atoms with Crippen LogP contribution >= 0.6 is 0 Å². The van der Waals surface area contributed by atoms with Crippen LogP contribution in [-0.2, 0) is 4.84 Å². The number of rotatable bonds is 5. The van der Waals surface area contributed by atoms with Gasteiger partial charge in [0, 0.05) is 30.8 Å². The zero-order valence-electron chi connectivity index (χ0n) is 16.1. The van der Waals surface area contributed by atoms with Gasteiger partial charge in [0.1, 0.15) is 18.4 Å². The van der Waals surface area contributed by atoms with E-state index >= 15 is 0 Å². The van der Waals surface area contributed by atoms with Gasteiger partial charge in [0.15, 0.2) is 0 Å². The van der Waals surface area contributed by atoms with Crippen molar-refractivity contribution in [1.82, 2.24) is 4.90 Å². The maximum absolute atomic E-state index is 10.4. The summed E-state index contributed by atoms with van der Waals surface area (Å²) in [6.45, 7) is 7.53. The standard InChI is InChI=1S/C23H28N2O2/c1-16-11-17(2)13-25(12-16)14-18(26)15-27-24-23-21-9-5-3-7-19(21)20-8-4-6-10-22(20)23/h3-10,16-18,26H,11-15H2,1-2H3/t16-,17-,18+/m0/s1. The van der Waals surface area contributed by atoms with Crippen molar-refractivity contribution in [3.63, 3.8) is 0 Å². The van der Waals surface area contributed by atoms with Crippen molar-refractivity contribution in [3.8, 4) is 11.1 Å². The molecule has 0 aromatic heterocycles. The largest absolute Gasteiger partial charge is 0.392 e. The Morgan fingerprint density at radius 1 is 0.963 bits per heavy atom. The predicted octanol–water partition coefficient (Wildman–Crippen LogP) is 3.77. The third-order valence-electron chi connectivity index (χ3n) is 5.49. The number of aliphatic hydroxyl groups is 1. The van der Waals surface area contributed by atoms with Crippen molar-refractivity contribution in [2.75, 3.05) is 26.2 Å². The van der Waals surface area contributed by atoms with Crippen molar-refractivity contribution in [1.29, 1.82) is 0 Å². The smallest absolute Gasteiger partial charge is 0.144 e. The van der Waals surface area contributed by atoms with Crippen molar-refractivity contribution < 1.29 is 9.94 Å². The van der Waals surface area contributed by atoms with E-state index in [0.29, 0.717) is 18.4 Å². The van der Waals surface area contributed by atoms with Gasteiger partial charge in [-0.3, -0.25) is 0 Å². The summed E-state index contributed by atoms with van der Waals surface area (Å²) in [5, 5.41) is 14.8. The summed E-state index contributed by atoms with van der Waals surface area (Å²) in [6, 6.07) is 16.5. The molecule has 4 nitrogen and oxygen atoms in total. The Balaban J connectivity index is 1.41. The highest BCUT2D eigenvalue weighted by Crippen LogP contribution is 2.36. The van der Waals surface area contributed by atoms with Gasteiger partial charge >= 0.3 is 0 Å². The molecule has 142 valence electrons. The van der Waals surface area contributed by atoms with E-state index < -0.39 is 6.10 Å². The van der Waals surface area contributed by atoms with Crippen molar-refractivity contribution in [2.45, 2.75) is 26.4 Å². The molecule has 0 bridgehead atoms. The molecule has 2 aliphatic rings. The normalized spacial score (nSPS) is 22.9. The predicted molar refractivity (Wildman–Crippen MR) is 109 cm³/mol. The third-order valence-corrected chi connectivity index (χ3v) is 5.49. The number of β-amino-alcohol motifs (C(OH)–C–C–N with tert-alkyl or cyclic N) is 1. The molecule has 2 aromatic carbocycles. The fourth-order valence-corrected chi connectivity index (χ4v) is 4.57. The van der Waals surface area contributed by atoms with Gasteiger partial charge < -0.3 is 14.8 Å². The second-order valence-electron chi connectivity index (χ2n) is 8.15. The second-order valence-corrected chi connectivity index (χ2v) is 8.15. The van der Waals surface area contributed by atoms with Gasteiger partial charge in [0.05, 0.1) is 0 Å². The SMILES string of the molecule is C[C@H]1C[C@H](C)CN(C[C@@H](O)CON=C2c3ccccc3-c3ccccc32)C1. The summed E-state index contributed by atoms with van der Waals surface area (Å²) >= 11 is 0. The number of nitrogens with zero attached hydrogens (tertiary/aromatic N) is 2. The molecule has 0 radical (unpaired) electrons. The molecule has 3 atom stereocenters. The minimum absolute atomic E-state index is 0.215. The molecular formula is C23H28N2O2. The Labute approximate surface area is 161 Å². The van der Waals surface area contributed by atoms with Gasteiger partial charge in [-0.25, -0.2) is 0 Å². The van der Waals surface area contributed by atoms with Gasteiger partial charge in [-0.2, -0.15) is 0 Å². The summed E-state index contributed by atoms with van der Waals surface area (Å²) in [5.74, 6) is 1.38. The molecule has 27 heavy (non-hydrogen) atoms. The maximum Gasteiger partial charge on any atom is 0.144 e. The number of aliphatic hydroxyl groups excluding tert-OH is 1. The van der Waals surface area contributed by atoms with Crippen LogP contribution in [0.1, 0.15) is 31.4 Å². The molecule has 1 aliphatic carbocycles. The van der Waals surface area contributed by atoms with Gasteiger partial charge in [-0.15, -0.1) is 0 Å². The third kappa shape index (κ3) is 3.92. The van der Waals surface area contributed by atoms with E-state index in [1.807, 2.05) is 24.3 Å². The monoisotopic (exact) mass is 364 g/mol. The quantitative estimate of drug-likeness (QED) is 0.701. The second kappa shape index (κ2) is 7.83. The van der Waals surface area contributed by atoms with E-state index in [4.69, 9.17) is 4.84 Å². The molecule has 0 spiro atoms. The lowest BCUT2D eigenvalue weighted by molar-refractivity contribution is 0.00660. The molecule has 1 aliphatic heterocycles. The summed E-state index contributed by atoms with van der Waals surface area (Å²) in [5.41, 5.74) is 5.41. The van der Waals surface area contributed by atoms with E-state index in [1.54, 1.807) is 0 Å². The highest BCUT2D eigenvalue weighted by molar-refractivity contribution is 6.24. The van der Waals surface area contributed by atoms with E-state index in [2.05, 4.69) is 48.2 Å². The lowest BCUT2D eigenvalue weighted by Crippen LogP contribution is -2.43. The topological polar surface area (TPSA) is 45.1 Å². The average Bonchev–Trinajstić information content (AvgIpc) is 2.95. The first-order chi connectivity index (χ1) is 13.1. The molecule has 1 fully saturated rings. The van der Waals surface area contributed by atoms with Crippen LogP contribution in [-0.4, -0.2) is 48.1 Å². The minimum Gasteiger partial charge on any atom is -0.392 e. The summed E-state index contributed by atoms with van der Waals surface area (Å²) in [6.07, 6.45) is 0.744. The molecule has 0 saturated carbocycles. The Morgan fingerprint density at radius 3 is 2.04 bits per heavy atom. The number of fused-ring (bicyclic) bond motifs is 3. The van der Waals surface area contributed by atoms with Crippen LogP contribution in [0.15, 0.2) is 53.7 Å². The van der Waals surface area contributed by atoms with Crippen molar-refractivity contribution in [3.05, 3.63) is 59.7 Å². The number of piperidine rings is 1. The van der Waals surface area contributed by atoms with Crippen molar-refractivity contribution in [2.24, 2.45) is 17.0 Å². The van der Waals surface area contributed by atoms with Gasteiger partial charge in [-0.05, 0) is 29.4 Å². The van der Waals surface area contributed by atoms with Gasteiger partial charge in [-0.1, -0.05) is 67.5 Å². The van der Waals surface area contributed by atoms with Crippen LogP contribution in [0.3, 0.4) is 0 Å². The number of hydrogen-bond acceptors (Lipinski definition) is 4. The lowest BCUT2D eigenvalue weighted by Gasteiger charge is -2.35. The first kappa shape index (κ1) is 18.2. The molecule has 1 N–H and O–H groups in total. The number of oxime groups is 1. The molecule has 1 saturated heterocycles. The van der Waals surface area contributed by atoms with Crippen LogP contribution in [0.4, 0.5) is 0 Å². The first-order valence-electron chi connectivity index (χ1n) is 9.91. The zero-order chi connectivity index (χ0) is 18.8. The summed E-state index contributed by atoms with van der Waals surface area (Å²) < 4.78 is 0. The summed E-state index contributed by atoms with van der Waals surface area (Å²) in [4.78, 5) is 7.95. The van der Waals surface area contributed by atoms with E-state index in [1.165, 1.54) is 17.5 Å². The van der Waals surface area contributed by atoms with E-state index in [9.17, 15) is 5.11 Å². The highest BCUT2D eigenvalue weighted by Gasteiger charge is 2.25. The minimum atomic E-state index is -0.529. The Morgan fingerprint density at radius 2 is 1.48 bits per heavy atom. The van der Waals surface area contributed by atoms with Crippen LogP contribution in [0.5, 0.6) is 0 Å². The number of hydrogen-bond donors (Lipinski definition) is 1. The Kier molecular flexibility index (Phi) is 5.28. The summed E-state index contributed by atoms with van der Waals surface area (Å²) in [7, 11) is 0. The molecule has 2 aromatic rings. The average molecular weight is 364 g/mol. The highest BCUT2D eigenvalue weighted by atomic mass is 16.6. The van der Waals surface area contributed by atoms with Crippen molar-refractivity contribution >= 4 is 5.71 Å². The van der Waals surface area contributed by atoms with E-state index in [0.717, 1.165) is 29.9 Å². The molecule has 0 amide bonds. The maximum atomic E-state index is 10.4. The van der Waals surface area contributed by atoms with Crippen LogP contribution in [0.2, 0.25) is 0 Å². The Bertz CT molecular complexity index is 775. The lowest BCUT2D eigenvalue weighted by atomic mass is 9.92. The molecule has 0 unspecified atom stereocenters. The Hall–Kier alpha value is -2.17. The van der Waals surface area contributed by atoms with E-state index in [-0.39, 0.29) is 6.61 Å². The fraction of sp³-hybridized carbons (Fsp3) is 0.435. The molecule has 1 heterocycles. The van der Waals surface area contributed by atoms with Crippen LogP contribution in [0.25, 0.3) is 11.1 Å². The zero-order valence-corrected chi connectivity index (χ0v) is 16.1. The van der Waals surface area contributed by atoms with Gasteiger partial charge in [0.2, 0.25) is 0 Å². The molecule has 4 rings (SSSR count). The van der Waals surface area contributed by atoms with Gasteiger partial charge in [0.25, 0.3) is 0 Å². The van der Waals surface area contributed by atoms with Crippen LogP contribution in [0, 0.1) is 11.8 Å². The number of likely N-dealkylation sites (tertiary alicyclic amines) is 1. The fourth-order valence-electron chi connectivity index (χ4n) is 4.57.